The first-order chi connectivity index (χ1) is 12.4. The maximum Gasteiger partial charge on any atom is 0.287 e. The van der Waals surface area contributed by atoms with Crippen molar-refractivity contribution in [3.05, 3.63) is 40.1 Å². The van der Waals surface area contributed by atoms with Crippen molar-refractivity contribution in [2.24, 2.45) is 17.8 Å². The normalized spacial score (nSPS) is 25.6. The van der Waals surface area contributed by atoms with E-state index in [-0.39, 0.29) is 11.9 Å². The van der Waals surface area contributed by atoms with Crippen LogP contribution in [-0.2, 0) is 6.54 Å². The van der Waals surface area contributed by atoms with E-state index in [1.165, 1.54) is 25.7 Å². The number of nitrogens with zero attached hydrogens (tertiary/aromatic N) is 2. The number of carbonyl (C=O) groups is 1. The fourth-order valence-corrected chi connectivity index (χ4v) is 4.99. The van der Waals surface area contributed by atoms with Gasteiger partial charge in [0.2, 0.25) is 0 Å². The summed E-state index contributed by atoms with van der Waals surface area (Å²) in [5.74, 6) is 3.22. The Morgan fingerprint density at radius 2 is 2.19 bits per heavy atom. The van der Waals surface area contributed by atoms with Gasteiger partial charge in [-0.2, -0.15) is 5.10 Å². The zero-order valence-electron chi connectivity index (χ0n) is 15.6. The van der Waals surface area contributed by atoms with Crippen LogP contribution >= 0.6 is 11.6 Å². The minimum absolute atomic E-state index is 0.127. The van der Waals surface area contributed by atoms with Crippen LogP contribution in [0.2, 0.25) is 5.02 Å². The number of nitrogens with one attached hydrogen (secondary N) is 1. The molecular formula is C20H26ClN3O2. The number of hydrogen-bond donors (Lipinski definition) is 1. The Morgan fingerprint density at radius 3 is 2.81 bits per heavy atom. The summed E-state index contributed by atoms with van der Waals surface area (Å²) in [5.41, 5.74) is 1.70. The predicted molar refractivity (Wildman–Crippen MR) is 100 cm³/mol. The molecule has 2 aliphatic rings. The highest BCUT2D eigenvalue weighted by Crippen LogP contribution is 2.49. The van der Waals surface area contributed by atoms with Gasteiger partial charge in [0.15, 0.2) is 5.76 Å². The summed E-state index contributed by atoms with van der Waals surface area (Å²) in [6.45, 7) is 6.40. The molecule has 0 radical (unpaired) electrons. The molecule has 6 heteroatoms. The Morgan fingerprint density at radius 1 is 1.38 bits per heavy atom. The van der Waals surface area contributed by atoms with Gasteiger partial charge >= 0.3 is 0 Å². The molecule has 4 atom stereocenters. The smallest absolute Gasteiger partial charge is 0.287 e. The largest absolute Gasteiger partial charge is 0.454 e. The average molecular weight is 376 g/mol. The highest BCUT2D eigenvalue weighted by atomic mass is 35.5. The Hall–Kier alpha value is -1.75. The van der Waals surface area contributed by atoms with Gasteiger partial charge in [-0.1, -0.05) is 18.0 Å². The summed E-state index contributed by atoms with van der Waals surface area (Å²) >= 11 is 6.19. The molecule has 0 aliphatic heterocycles. The van der Waals surface area contributed by atoms with Crippen LogP contribution in [0.15, 0.2) is 16.5 Å². The Bertz CT molecular complexity index is 825. The van der Waals surface area contributed by atoms with Gasteiger partial charge in [-0.25, -0.2) is 0 Å². The number of carbonyl (C=O) groups excluding carboxylic acids is 1. The van der Waals surface area contributed by atoms with Crippen LogP contribution in [-0.4, -0.2) is 21.7 Å². The molecule has 4 rings (SSSR count). The van der Waals surface area contributed by atoms with Gasteiger partial charge in [0.1, 0.15) is 5.76 Å². The molecule has 1 N–H and O–H groups in total. The van der Waals surface area contributed by atoms with E-state index in [1.54, 1.807) is 10.7 Å². The summed E-state index contributed by atoms with van der Waals surface area (Å²) in [7, 11) is 0. The van der Waals surface area contributed by atoms with Crippen molar-refractivity contribution in [2.75, 3.05) is 0 Å². The molecule has 0 aromatic carbocycles. The van der Waals surface area contributed by atoms with E-state index in [1.807, 2.05) is 19.9 Å². The first-order valence-electron chi connectivity index (χ1n) is 9.51. The molecule has 2 bridgehead atoms. The van der Waals surface area contributed by atoms with Crippen molar-refractivity contribution in [1.82, 2.24) is 15.1 Å². The van der Waals surface area contributed by atoms with Crippen molar-refractivity contribution in [3.63, 3.8) is 0 Å². The van der Waals surface area contributed by atoms with Crippen LogP contribution < -0.4 is 5.32 Å². The van der Waals surface area contributed by atoms with Crippen LogP contribution in [0.3, 0.4) is 0 Å². The van der Waals surface area contributed by atoms with Gasteiger partial charge in [-0.15, -0.1) is 0 Å². The van der Waals surface area contributed by atoms with Gasteiger partial charge in [-0.3, -0.25) is 9.48 Å². The second kappa shape index (κ2) is 6.76. The zero-order valence-corrected chi connectivity index (χ0v) is 16.3. The van der Waals surface area contributed by atoms with E-state index in [2.05, 4.69) is 17.3 Å². The number of aromatic nitrogens is 2. The summed E-state index contributed by atoms with van der Waals surface area (Å²) in [6.07, 6.45) is 5.31. The molecule has 5 nitrogen and oxygen atoms in total. The molecule has 2 heterocycles. The van der Waals surface area contributed by atoms with Gasteiger partial charge in [0.05, 0.1) is 23.0 Å². The van der Waals surface area contributed by atoms with Crippen LogP contribution in [0.5, 0.6) is 0 Å². The third kappa shape index (κ3) is 3.18. The SMILES string of the molecule is Cc1nn(Cc2ccc(C(=O)N[C@@H](C)[C@H]3C[C@@H]4CC[C@@H]3C4)o2)c(C)c1Cl. The van der Waals surface area contributed by atoms with Crippen molar-refractivity contribution in [3.8, 4) is 0 Å². The molecule has 0 unspecified atom stereocenters. The minimum atomic E-state index is -0.127. The van der Waals surface area contributed by atoms with E-state index in [0.717, 1.165) is 23.2 Å². The fraction of sp³-hybridized carbons (Fsp3) is 0.600. The molecule has 2 saturated carbocycles. The molecule has 0 spiro atoms. The standard InChI is InChI=1S/C20H26ClN3O2/c1-11(17-9-14-4-5-15(17)8-14)22-20(25)18-7-6-16(26-18)10-24-13(3)19(21)12(2)23-24/h6-7,11,14-15,17H,4-5,8-10H2,1-3H3,(H,22,25)/t11-,14+,15+,17+/m0/s1. The van der Waals surface area contributed by atoms with Crippen LogP contribution in [0.1, 0.15) is 60.3 Å². The van der Waals surface area contributed by atoms with Crippen LogP contribution in [0.25, 0.3) is 0 Å². The Labute approximate surface area is 159 Å². The summed E-state index contributed by atoms with van der Waals surface area (Å²) in [4.78, 5) is 12.6. The van der Waals surface area contributed by atoms with E-state index in [0.29, 0.717) is 29.0 Å². The van der Waals surface area contributed by atoms with Crippen molar-refractivity contribution < 1.29 is 9.21 Å². The number of hydrogen-bond acceptors (Lipinski definition) is 3. The van der Waals surface area contributed by atoms with Crippen LogP contribution in [0.4, 0.5) is 0 Å². The van der Waals surface area contributed by atoms with Crippen LogP contribution in [0, 0.1) is 31.6 Å². The van der Waals surface area contributed by atoms with Gasteiger partial charge in [-0.05, 0) is 69.9 Å². The van der Waals surface area contributed by atoms with E-state index < -0.39 is 0 Å². The predicted octanol–water partition coefficient (Wildman–Crippen LogP) is 4.35. The van der Waals surface area contributed by atoms with Gasteiger partial charge in [0.25, 0.3) is 5.91 Å². The van der Waals surface area contributed by atoms with E-state index in [9.17, 15) is 4.79 Å². The molecule has 2 fully saturated rings. The third-order valence-electron chi connectivity index (χ3n) is 6.28. The maximum absolute atomic E-state index is 12.6. The number of halogens is 1. The summed E-state index contributed by atoms with van der Waals surface area (Å²) < 4.78 is 7.56. The molecule has 2 aliphatic carbocycles. The van der Waals surface area contributed by atoms with Crippen molar-refractivity contribution in [1.29, 1.82) is 0 Å². The van der Waals surface area contributed by atoms with Crippen molar-refractivity contribution >= 4 is 17.5 Å². The number of rotatable bonds is 5. The lowest BCUT2D eigenvalue weighted by atomic mass is 9.84. The first kappa shape index (κ1) is 17.7. The van der Waals surface area contributed by atoms with Crippen molar-refractivity contribution in [2.45, 2.75) is 59.0 Å². The second-order valence-electron chi connectivity index (χ2n) is 8.01. The number of aryl methyl sites for hydroxylation is 1. The second-order valence-corrected chi connectivity index (χ2v) is 8.39. The monoisotopic (exact) mass is 375 g/mol. The zero-order chi connectivity index (χ0) is 18.4. The molecule has 2 aromatic heterocycles. The molecule has 26 heavy (non-hydrogen) atoms. The molecule has 140 valence electrons. The van der Waals surface area contributed by atoms with Gasteiger partial charge < -0.3 is 9.73 Å². The van der Waals surface area contributed by atoms with E-state index in [4.69, 9.17) is 16.0 Å². The lowest BCUT2D eigenvalue weighted by molar-refractivity contribution is 0.0885. The first-order valence-corrected chi connectivity index (χ1v) is 9.89. The molecule has 2 aromatic rings. The minimum Gasteiger partial charge on any atom is -0.454 e. The quantitative estimate of drug-likeness (QED) is 0.845. The lowest BCUT2D eigenvalue weighted by Gasteiger charge is -2.28. The number of fused-ring (bicyclic) bond motifs is 2. The number of furan rings is 1. The fourth-order valence-electron chi connectivity index (χ4n) is 4.85. The average Bonchev–Trinajstić information content (AvgIpc) is 3.38. The molecular weight excluding hydrogens is 350 g/mol. The summed E-state index contributed by atoms with van der Waals surface area (Å²) in [6, 6.07) is 3.77. The third-order valence-corrected chi connectivity index (χ3v) is 6.83. The topological polar surface area (TPSA) is 60.1 Å². The lowest BCUT2D eigenvalue weighted by Crippen LogP contribution is -2.40. The Kier molecular flexibility index (Phi) is 4.59. The molecule has 1 amide bonds. The van der Waals surface area contributed by atoms with Gasteiger partial charge in [0, 0.05) is 6.04 Å². The molecule has 0 saturated heterocycles. The number of amides is 1. The maximum atomic E-state index is 12.6. The highest BCUT2D eigenvalue weighted by molar-refractivity contribution is 6.31. The highest BCUT2D eigenvalue weighted by Gasteiger charge is 2.42. The Balaban J connectivity index is 1.39. The summed E-state index contributed by atoms with van der Waals surface area (Å²) in [5, 5.41) is 8.23. The van der Waals surface area contributed by atoms with E-state index >= 15 is 0 Å².